The minimum absolute atomic E-state index is 0.806. The topological polar surface area (TPSA) is 26.0 Å². The van der Waals surface area contributed by atoms with Gasteiger partial charge in [0, 0.05) is 6.42 Å². The minimum Gasteiger partial charge on any atom is -0.449 e. The van der Waals surface area contributed by atoms with Crippen molar-refractivity contribution in [3.8, 4) is 0 Å². The highest BCUT2D eigenvalue weighted by atomic mass is 16.3. The summed E-state index contributed by atoms with van der Waals surface area (Å²) in [6.45, 7) is 6.26. The molecule has 0 aromatic carbocycles. The molecule has 0 atom stereocenters. The van der Waals surface area contributed by atoms with Crippen molar-refractivity contribution < 1.29 is 4.42 Å². The van der Waals surface area contributed by atoms with E-state index in [1.54, 1.807) is 12.5 Å². The lowest BCUT2D eigenvalue weighted by atomic mass is 10.5. The molecule has 2 heteroatoms. The molecule has 0 spiro atoms. The summed E-state index contributed by atoms with van der Waals surface area (Å²) in [5.41, 5.74) is 0. The van der Waals surface area contributed by atoms with Crippen molar-refractivity contribution in [2.75, 3.05) is 0 Å². The van der Waals surface area contributed by atoms with Gasteiger partial charge in [-0.1, -0.05) is 27.2 Å². The van der Waals surface area contributed by atoms with Crippen molar-refractivity contribution in [2.45, 2.75) is 33.6 Å². The summed E-state index contributed by atoms with van der Waals surface area (Å²) >= 11 is 0. The molecule has 2 nitrogen and oxygen atoms in total. The number of hydrogen-bond donors (Lipinski definition) is 0. The van der Waals surface area contributed by atoms with Gasteiger partial charge in [0.05, 0.1) is 6.20 Å². The highest BCUT2D eigenvalue weighted by molar-refractivity contribution is 4.76. The van der Waals surface area contributed by atoms with Gasteiger partial charge in [0.15, 0.2) is 5.89 Å². The molecule has 0 aliphatic rings. The van der Waals surface area contributed by atoms with E-state index in [1.165, 1.54) is 6.42 Å². The highest BCUT2D eigenvalue weighted by Crippen LogP contribution is 1.92. The Balaban J connectivity index is 0.000000236. The van der Waals surface area contributed by atoms with Crippen LogP contribution in [-0.2, 0) is 6.42 Å². The average Bonchev–Trinajstić information content (AvgIpc) is 2.39. The van der Waals surface area contributed by atoms with E-state index in [9.17, 15) is 0 Å². The second-order valence-corrected chi connectivity index (χ2v) is 1.99. The zero-order valence-corrected chi connectivity index (χ0v) is 6.92. The molecule has 0 aliphatic carbocycles. The van der Waals surface area contributed by atoms with E-state index >= 15 is 0 Å². The maximum atomic E-state index is 4.87. The SMILES string of the molecule is CCC.CCc1ncco1. The lowest BCUT2D eigenvalue weighted by molar-refractivity contribution is 0.501. The average molecular weight is 141 g/mol. The van der Waals surface area contributed by atoms with Crippen LogP contribution < -0.4 is 0 Å². The Morgan fingerprint density at radius 3 is 2.20 bits per heavy atom. The third kappa shape index (κ3) is 4.13. The van der Waals surface area contributed by atoms with E-state index in [4.69, 9.17) is 4.42 Å². The Bertz CT molecular complexity index is 135. The fourth-order valence-corrected chi connectivity index (χ4v) is 0.428. The first-order valence-corrected chi connectivity index (χ1v) is 3.73. The molecule has 1 aromatic rings. The molecular weight excluding hydrogens is 126 g/mol. The van der Waals surface area contributed by atoms with E-state index in [-0.39, 0.29) is 0 Å². The Morgan fingerprint density at radius 2 is 2.00 bits per heavy atom. The van der Waals surface area contributed by atoms with Crippen LogP contribution in [0.5, 0.6) is 0 Å². The van der Waals surface area contributed by atoms with Gasteiger partial charge in [0.2, 0.25) is 0 Å². The van der Waals surface area contributed by atoms with Crippen molar-refractivity contribution in [2.24, 2.45) is 0 Å². The molecule has 0 unspecified atom stereocenters. The molecule has 1 aromatic heterocycles. The van der Waals surface area contributed by atoms with E-state index < -0.39 is 0 Å². The summed E-state index contributed by atoms with van der Waals surface area (Å²) in [6.07, 6.45) is 5.37. The summed E-state index contributed by atoms with van der Waals surface area (Å²) in [5.74, 6) is 0.806. The van der Waals surface area contributed by atoms with Crippen LogP contribution in [0.1, 0.15) is 33.1 Å². The van der Waals surface area contributed by atoms with Gasteiger partial charge in [-0.2, -0.15) is 0 Å². The lowest BCUT2D eigenvalue weighted by Crippen LogP contribution is -1.73. The van der Waals surface area contributed by atoms with Crippen LogP contribution in [-0.4, -0.2) is 4.98 Å². The van der Waals surface area contributed by atoms with E-state index in [2.05, 4.69) is 18.8 Å². The third-order valence-electron chi connectivity index (χ3n) is 0.786. The number of nitrogens with zero attached hydrogens (tertiary/aromatic N) is 1. The van der Waals surface area contributed by atoms with Crippen LogP contribution in [0.4, 0.5) is 0 Å². The standard InChI is InChI=1S/C5H7NO.C3H8/c1-2-5-6-3-4-7-5;1-3-2/h3-4H,2H2,1H3;3H2,1-2H3. The second kappa shape index (κ2) is 6.33. The molecule has 0 bridgehead atoms. The molecule has 10 heavy (non-hydrogen) atoms. The van der Waals surface area contributed by atoms with Gasteiger partial charge < -0.3 is 4.42 Å². The summed E-state index contributed by atoms with van der Waals surface area (Å²) in [7, 11) is 0. The fraction of sp³-hybridized carbons (Fsp3) is 0.625. The Morgan fingerprint density at radius 1 is 1.40 bits per heavy atom. The smallest absolute Gasteiger partial charge is 0.193 e. The van der Waals surface area contributed by atoms with Crippen LogP contribution in [0.15, 0.2) is 16.9 Å². The third-order valence-corrected chi connectivity index (χ3v) is 0.786. The number of oxazole rings is 1. The van der Waals surface area contributed by atoms with Gasteiger partial charge in [-0.3, -0.25) is 0 Å². The molecule has 1 rings (SSSR count). The number of hydrogen-bond acceptors (Lipinski definition) is 2. The first kappa shape index (κ1) is 9.21. The van der Waals surface area contributed by atoms with Gasteiger partial charge in [0.1, 0.15) is 6.26 Å². The zero-order valence-electron chi connectivity index (χ0n) is 6.92. The molecule has 58 valence electrons. The van der Waals surface area contributed by atoms with E-state index in [1.807, 2.05) is 6.92 Å². The summed E-state index contributed by atoms with van der Waals surface area (Å²) < 4.78 is 4.87. The monoisotopic (exact) mass is 141 g/mol. The van der Waals surface area contributed by atoms with Gasteiger partial charge in [-0.15, -0.1) is 0 Å². The van der Waals surface area contributed by atoms with Crippen molar-refractivity contribution in [3.63, 3.8) is 0 Å². The molecule has 0 amide bonds. The Kier molecular flexibility index (Phi) is 5.83. The summed E-state index contributed by atoms with van der Waals surface area (Å²) in [5, 5.41) is 0. The molecule has 0 aliphatic heterocycles. The number of aryl methyl sites for hydroxylation is 1. The van der Waals surface area contributed by atoms with Crippen LogP contribution in [0.25, 0.3) is 0 Å². The quantitative estimate of drug-likeness (QED) is 0.601. The fourth-order valence-electron chi connectivity index (χ4n) is 0.428. The van der Waals surface area contributed by atoms with Gasteiger partial charge in [-0.05, 0) is 0 Å². The molecule has 0 fully saturated rings. The molecule has 1 heterocycles. The van der Waals surface area contributed by atoms with Crippen LogP contribution >= 0.6 is 0 Å². The highest BCUT2D eigenvalue weighted by Gasteiger charge is 1.86. The van der Waals surface area contributed by atoms with E-state index in [0.29, 0.717) is 0 Å². The second-order valence-electron chi connectivity index (χ2n) is 1.99. The first-order chi connectivity index (χ1) is 4.85. The van der Waals surface area contributed by atoms with Crippen LogP contribution in [0.3, 0.4) is 0 Å². The predicted octanol–water partition coefficient (Wildman–Crippen LogP) is 2.65. The largest absolute Gasteiger partial charge is 0.449 e. The van der Waals surface area contributed by atoms with Gasteiger partial charge in [0.25, 0.3) is 0 Å². The predicted molar refractivity (Wildman–Crippen MR) is 41.8 cm³/mol. The molecule has 0 radical (unpaired) electrons. The number of aromatic nitrogens is 1. The Labute approximate surface area is 62.3 Å². The van der Waals surface area contributed by atoms with Crippen LogP contribution in [0, 0.1) is 0 Å². The van der Waals surface area contributed by atoms with Gasteiger partial charge in [-0.25, -0.2) is 4.98 Å². The summed E-state index contributed by atoms with van der Waals surface area (Å²) in [4.78, 5) is 3.87. The van der Waals surface area contributed by atoms with Crippen molar-refractivity contribution in [1.82, 2.24) is 4.98 Å². The van der Waals surface area contributed by atoms with Crippen molar-refractivity contribution >= 4 is 0 Å². The molecular formula is C8H15NO. The van der Waals surface area contributed by atoms with E-state index in [0.717, 1.165) is 12.3 Å². The lowest BCUT2D eigenvalue weighted by Gasteiger charge is -1.77. The normalized spacial score (nSPS) is 8.30. The molecule has 0 saturated carbocycles. The van der Waals surface area contributed by atoms with Crippen molar-refractivity contribution in [1.29, 1.82) is 0 Å². The Hall–Kier alpha value is -0.790. The van der Waals surface area contributed by atoms with Crippen molar-refractivity contribution in [3.05, 3.63) is 18.4 Å². The molecule has 0 saturated heterocycles. The maximum Gasteiger partial charge on any atom is 0.193 e. The zero-order chi connectivity index (χ0) is 7.82. The first-order valence-electron chi connectivity index (χ1n) is 3.73. The minimum atomic E-state index is 0.806. The number of rotatable bonds is 1. The van der Waals surface area contributed by atoms with Crippen LogP contribution in [0.2, 0.25) is 0 Å². The van der Waals surface area contributed by atoms with Gasteiger partial charge >= 0.3 is 0 Å². The maximum absolute atomic E-state index is 4.87. The summed E-state index contributed by atoms with van der Waals surface area (Å²) in [6, 6.07) is 0. The molecule has 0 N–H and O–H groups in total.